The van der Waals surface area contributed by atoms with Crippen LogP contribution in [0.2, 0.25) is 0 Å². The first-order valence-corrected chi connectivity index (χ1v) is 7.08. The molecule has 1 saturated carbocycles. The molecule has 0 spiro atoms. The molecule has 1 aliphatic heterocycles. The fourth-order valence-corrected chi connectivity index (χ4v) is 3.10. The van der Waals surface area contributed by atoms with Crippen molar-refractivity contribution in [3.8, 4) is 11.8 Å². The topological polar surface area (TPSA) is 12.5 Å². The number of ether oxygens (including phenoxy) is 1. The summed E-state index contributed by atoms with van der Waals surface area (Å²) >= 11 is 0. The Morgan fingerprint density at radius 1 is 1.16 bits per heavy atom. The van der Waals surface area contributed by atoms with Gasteiger partial charge in [-0.25, -0.2) is 0 Å². The molecule has 2 fully saturated rings. The minimum Gasteiger partial charge on any atom is -0.379 e. The fraction of sp³-hybridized carbons (Fsp3) is 0.529. The molecule has 0 N–H and O–H groups in total. The van der Waals surface area contributed by atoms with Crippen LogP contribution in [0.5, 0.6) is 0 Å². The summed E-state index contributed by atoms with van der Waals surface area (Å²) in [4.78, 5) is 2.55. The van der Waals surface area contributed by atoms with Crippen LogP contribution < -0.4 is 0 Å². The maximum atomic E-state index is 5.43. The lowest BCUT2D eigenvalue weighted by Gasteiger charge is -2.27. The van der Waals surface area contributed by atoms with E-state index in [4.69, 9.17) is 4.74 Å². The average molecular weight is 255 g/mol. The standard InChI is InChI=1S/C17H21NO/c1-17(2)15(9-8-14-6-4-3-5-7-14)16(17)18-10-12-19-13-11-18/h3-7,15-16H,10-13H2,1-2H3. The monoisotopic (exact) mass is 255 g/mol. The van der Waals surface area contributed by atoms with Gasteiger partial charge in [0.2, 0.25) is 0 Å². The predicted molar refractivity (Wildman–Crippen MR) is 76.8 cm³/mol. The molecule has 1 saturated heterocycles. The molecule has 2 atom stereocenters. The number of rotatable bonds is 1. The molecule has 2 nitrogen and oxygen atoms in total. The normalized spacial score (nSPS) is 29.4. The molecule has 0 amide bonds. The van der Waals surface area contributed by atoms with Gasteiger partial charge in [0, 0.05) is 30.6 Å². The lowest BCUT2D eigenvalue weighted by molar-refractivity contribution is 0.0281. The summed E-state index contributed by atoms with van der Waals surface area (Å²) in [7, 11) is 0. The van der Waals surface area contributed by atoms with E-state index in [0.29, 0.717) is 17.4 Å². The Bertz CT molecular complexity index is 491. The van der Waals surface area contributed by atoms with E-state index in [9.17, 15) is 0 Å². The molecule has 0 radical (unpaired) electrons. The van der Waals surface area contributed by atoms with Gasteiger partial charge < -0.3 is 4.74 Å². The molecule has 1 aromatic rings. The quantitative estimate of drug-likeness (QED) is 0.715. The molecule has 2 unspecified atom stereocenters. The second-order valence-corrected chi connectivity index (χ2v) is 6.03. The Kier molecular flexibility index (Phi) is 3.35. The molecule has 2 heteroatoms. The zero-order valence-corrected chi connectivity index (χ0v) is 11.7. The number of benzene rings is 1. The van der Waals surface area contributed by atoms with Crippen molar-refractivity contribution in [2.75, 3.05) is 26.3 Å². The van der Waals surface area contributed by atoms with Crippen molar-refractivity contribution in [2.45, 2.75) is 19.9 Å². The van der Waals surface area contributed by atoms with E-state index < -0.39 is 0 Å². The van der Waals surface area contributed by atoms with Crippen molar-refractivity contribution in [3.63, 3.8) is 0 Å². The van der Waals surface area contributed by atoms with Gasteiger partial charge in [0.25, 0.3) is 0 Å². The minimum atomic E-state index is 0.319. The smallest absolute Gasteiger partial charge is 0.0594 e. The van der Waals surface area contributed by atoms with Gasteiger partial charge in [-0.05, 0) is 17.5 Å². The summed E-state index contributed by atoms with van der Waals surface area (Å²) in [5.74, 6) is 7.29. The predicted octanol–water partition coefficient (Wildman–Crippen LogP) is 2.39. The van der Waals surface area contributed by atoms with Gasteiger partial charge in [-0.2, -0.15) is 0 Å². The number of hydrogen-bond acceptors (Lipinski definition) is 2. The SMILES string of the molecule is CC1(C)C(C#Cc2ccccc2)C1N1CCOCC1. The number of hydrogen-bond donors (Lipinski definition) is 0. The van der Waals surface area contributed by atoms with Crippen molar-refractivity contribution < 1.29 is 4.74 Å². The van der Waals surface area contributed by atoms with Crippen molar-refractivity contribution in [2.24, 2.45) is 11.3 Å². The Hall–Kier alpha value is -1.30. The van der Waals surface area contributed by atoms with Crippen LogP contribution in [0.15, 0.2) is 30.3 Å². The summed E-state index contributed by atoms with van der Waals surface area (Å²) in [6, 6.07) is 10.9. The number of nitrogens with zero attached hydrogens (tertiary/aromatic N) is 1. The highest BCUT2D eigenvalue weighted by molar-refractivity contribution is 5.37. The van der Waals surface area contributed by atoms with E-state index in [1.54, 1.807) is 0 Å². The van der Waals surface area contributed by atoms with Gasteiger partial charge in [0.15, 0.2) is 0 Å². The molecule has 2 aliphatic rings. The molecule has 100 valence electrons. The summed E-state index contributed by atoms with van der Waals surface area (Å²) in [6.07, 6.45) is 0. The van der Waals surface area contributed by atoms with E-state index >= 15 is 0 Å². The van der Waals surface area contributed by atoms with E-state index in [1.165, 1.54) is 0 Å². The molecule has 0 aromatic heterocycles. The maximum absolute atomic E-state index is 5.43. The Labute approximate surface area is 115 Å². The highest BCUT2D eigenvalue weighted by atomic mass is 16.5. The highest BCUT2D eigenvalue weighted by Gasteiger charge is 2.59. The Morgan fingerprint density at radius 2 is 1.84 bits per heavy atom. The van der Waals surface area contributed by atoms with Gasteiger partial charge in [0.05, 0.1) is 13.2 Å². The third-order valence-corrected chi connectivity index (χ3v) is 4.36. The second kappa shape index (κ2) is 5.00. The highest BCUT2D eigenvalue weighted by Crippen LogP contribution is 2.54. The summed E-state index contributed by atoms with van der Waals surface area (Å²) in [6.45, 7) is 8.50. The van der Waals surface area contributed by atoms with Crippen LogP contribution in [-0.4, -0.2) is 37.2 Å². The molecule has 1 aromatic carbocycles. The zero-order valence-electron chi connectivity index (χ0n) is 11.7. The maximum Gasteiger partial charge on any atom is 0.0594 e. The Balaban J connectivity index is 1.70. The van der Waals surface area contributed by atoms with E-state index in [2.05, 4.69) is 42.7 Å². The van der Waals surface area contributed by atoms with Crippen LogP contribution in [0.1, 0.15) is 19.4 Å². The largest absolute Gasteiger partial charge is 0.379 e. The third-order valence-electron chi connectivity index (χ3n) is 4.36. The van der Waals surface area contributed by atoms with Gasteiger partial charge in [0.1, 0.15) is 0 Å². The van der Waals surface area contributed by atoms with Crippen LogP contribution in [0, 0.1) is 23.2 Å². The second-order valence-electron chi connectivity index (χ2n) is 6.03. The van der Waals surface area contributed by atoms with Gasteiger partial charge >= 0.3 is 0 Å². The zero-order chi connectivity index (χ0) is 13.3. The van der Waals surface area contributed by atoms with Crippen molar-refractivity contribution >= 4 is 0 Å². The van der Waals surface area contributed by atoms with Crippen molar-refractivity contribution in [1.29, 1.82) is 0 Å². The van der Waals surface area contributed by atoms with Crippen molar-refractivity contribution in [1.82, 2.24) is 4.90 Å². The molecule has 1 aliphatic carbocycles. The van der Waals surface area contributed by atoms with E-state index in [1.807, 2.05) is 18.2 Å². The minimum absolute atomic E-state index is 0.319. The first-order valence-electron chi connectivity index (χ1n) is 7.08. The van der Waals surface area contributed by atoms with Crippen molar-refractivity contribution in [3.05, 3.63) is 35.9 Å². The van der Waals surface area contributed by atoms with Gasteiger partial charge in [-0.1, -0.05) is 43.9 Å². The van der Waals surface area contributed by atoms with E-state index in [-0.39, 0.29) is 0 Å². The third kappa shape index (κ3) is 2.54. The van der Waals surface area contributed by atoms with Crippen LogP contribution in [0.25, 0.3) is 0 Å². The number of morpholine rings is 1. The fourth-order valence-electron chi connectivity index (χ4n) is 3.10. The van der Waals surface area contributed by atoms with Crippen LogP contribution >= 0.6 is 0 Å². The molecule has 0 bridgehead atoms. The lowest BCUT2D eigenvalue weighted by Crippen LogP contribution is -2.39. The first kappa shape index (κ1) is 12.7. The summed E-state index contributed by atoms with van der Waals surface area (Å²) < 4.78 is 5.43. The van der Waals surface area contributed by atoms with Crippen LogP contribution in [-0.2, 0) is 4.74 Å². The molecule has 3 rings (SSSR count). The van der Waals surface area contributed by atoms with Gasteiger partial charge in [-0.15, -0.1) is 0 Å². The van der Waals surface area contributed by atoms with Crippen LogP contribution in [0.4, 0.5) is 0 Å². The van der Waals surface area contributed by atoms with E-state index in [0.717, 1.165) is 31.9 Å². The van der Waals surface area contributed by atoms with Gasteiger partial charge in [-0.3, -0.25) is 4.90 Å². The summed E-state index contributed by atoms with van der Waals surface area (Å²) in [5.41, 5.74) is 1.44. The molecule has 1 heterocycles. The first-order chi connectivity index (χ1) is 9.19. The lowest BCUT2D eigenvalue weighted by atomic mass is 10.1. The Morgan fingerprint density at radius 3 is 2.53 bits per heavy atom. The summed E-state index contributed by atoms with van der Waals surface area (Å²) in [5, 5.41) is 0. The molecular formula is C17H21NO. The molecule has 19 heavy (non-hydrogen) atoms. The molecular weight excluding hydrogens is 234 g/mol. The average Bonchev–Trinajstić information content (AvgIpc) is 3.00. The van der Waals surface area contributed by atoms with Crippen LogP contribution in [0.3, 0.4) is 0 Å².